The molecule has 242 valence electrons. The van der Waals surface area contributed by atoms with Crippen molar-refractivity contribution in [1.82, 2.24) is 4.57 Å². The van der Waals surface area contributed by atoms with Crippen molar-refractivity contribution in [3.05, 3.63) is 193 Å². The fourth-order valence-electron chi connectivity index (χ4n) is 8.66. The molecule has 0 saturated carbocycles. The maximum absolute atomic E-state index is 2.43. The Bertz CT molecular complexity index is 2720. The zero-order valence-corrected chi connectivity index (χ0v) is 28.7. The summed E-state index contributed by atoms with van der Waals surface area (Å²) in [7, 11) is 0. The van der Waals surface area contributed by atoms with Gasteiger partial charge in [-0.1, -0.05) is 141 Å². The highest BCUT2D eigenvalue weighted by Gasteiger charge is 2.38. The maximum Gasteiger partial charge on any atom is 0.0541 e. The first kappa shape index (κ1) is 29.5. The Labute approximate surface area is 298 Å². The van der Waals surface area contributed by atoms with Crippen molar-refractivity contribution in [1.29, 1.82) is 0 Å². The molecular formula is C49H36N2. The molecule has 0 unspecified atom stereocenters. The van der Waals surface area contributed by atoms with Crippen molar-refractivity contribution in [2.24, 2.45) is 0 Å². The number of fused-ring (bicyclic) bond motifs is 7. The molecule has 0 radical (unpaired) electrons. The van der Waals surface area contributed by atoms with Gasteiger partial charge in [-0.25, -0.2) is 0 Å². The predicted octanol–water partition coefficient (Wildman–Crippen LogP) is 13.4. The lowest BCUT2D eigenvalue weighted by Gasteiger charge is -2.32. The normalized spacial score (nSPS) is 13.1. The van der Waals surface area contributed by atoms with Crippen LogP contribution in [0.15, 0.2) is 182 Å². The SMILES string of the molecule is CC1(C)c2ccccc2-c2cccc(N(c3ccccc3)c3ccc(-c4cc(-n5c6ccccc6c6ccccc65)cc5ccccc45)cc3)c21. The molecule has 0 saturated heterocycles. The van der Waals surface area contributed by atoms with Gasteiger partial charge in [-0.05, 0) is 98.8 Å². The third kappa shape index (κ3) is 4.50. The van der Waals surface area contributed by atoms with Crippen LogP contribution in [0.4, 0.5) is 17.1 Å². The van der Waals surface area contributed by atoms with E-state index >= 15 is 0 Å². The molecular weight excluding hydrogens is 617 g/mol. The number of rotatable bonds is 5. The molecule has 9 aromatic rings. The zero-order chi connectivity index (χ0) is 34.1. The van der Waals surface area contributed by atoms with Gasteiger partial charge in [0.2, 0.25) is 0 Å². The van der Waals surface area contributed by atoms with E-state index in [0.717, 1.165) is 17.1 Å². The number of anilines is 3. The highest BCUT2D eigenvalue weighted by Crippen LogP contribution is 2.54. The Morgan fingerprint density at radius 1 is 0.451 bits per heavy atom. The van der Waals surface area contributed by atoms with Gasteiger partial charge in [0.25, 0.3) is 0 Å². The lowest BCUT2D eigenvalue weighted by molar-refractivity contribution is 0.661. The summed E-state index contributed by atoms with van der Waals surface area (Å²) in [6.45, 7) is 4.73. The summed E-state index contributed by atoms with van der Waals surface area (Å²) in [5.41, 5.74) is 14.8. The molecule has 0 amide bonds. The zero-order valence-electron chi connectivity index (χ0n) is 28.7. The third-order valence-electron chi connectivity index (χ3n) is 10.9. The first-order chi connectivity index (χ1) is 25.1. The van der Waals surface area contributed by atoms with Gasteiger partial charge in [0, 0.05) is 33.2 Å². The summed E-state index contributed by atoms with van der Waals surface area (Å²) in [4.78, 5) is 2.43. The average Bonchev–Trinajstić information content (AvgIpc) is 3.64. The molecule has 2 heteroatoms. The van der Waals surface area contributed by atoms with Gasteiger partial charge in [-0.3, -0.25) is 0 Å². The molecule has 0 atom stereocenters. The molecule has 1 heterocycles. The molecule has 2 nitrogen and oxygen atoms in total. The Hall–Kier alpha value is -6.38. The van der Waals surface area contributed by atoms with E-state index in [9.17, 15) is 0 Å². The first-order valence-electron chi connectivity index (χ1n) is 17.8. The van der Waals surface area contributed by atoms with Crippen LogP contribution in [0.5, 0.6) is 0 Å². The van der Waals surface area contributed by atoms with Gasteiger partial charge in [0.05, 0.1) is 16.7 Å². The van der Waals surface area contributed by atoms with Crippen LogP contribution in [0, 0.1) is 0 Å². The summed E-state index contributed by atoms with van der Waals surface area (Å²) >= 11 is 0. The van der Waals surface area contributed by atoms with E-state index in [1.54, 1.807) is 0 Å². The van der Waals surface area contributed by atoms with Crippen LogP contribution in [0.2, 0.25) is 0 Å². The smallest absolute Gasteiger partial charge is 0.0541 e. The Balaban J connectivity index is 1.14. The van der Waals surface area contributed by atoms with Crippen LogP contribution in [0.3, 0.4) is 0 Å². The molecule has 0 bridgehead atoms. The Morgan fingerprint density at radius 2 is 1.04 bits per heavy atom. The van der Waals surface area contributed by atoms with Gasteiger partial charge in [0.15, 0.2) is 0 Å². The summed E-state index contributed by atoms with van der Waals surface area (Å²) < 4.78 is 2.42. The largest absolute Gasteiger partial charge is 0.310 e. The van der Waals surface area contributed by atoms with Gasteiger partial charge in [-0.15, -0.1) is 0 Å². The summed E-state index contributed by atoms with van der Waals surface area (Å²) in [6.07, 6.45) is 0. The maximum atomic E-state index is 2.43. The van der Waals surface area contributed by atoms with E-state index in [-0.39, 0.29) is 5.41 Å². The summed E-state index contributed by atoms with van der Waals surface area (Å²) in [6, 6.07) is 66.6. The van der Waals surface area contributed by atoms with Crippen molar-refractivity contribution < 1.29 is 0 Å². The van der Waals surface area contributed by atoms with Crippen LogP contribution in [0.1, 0.15) is 25.0 Å². The number of benzene rings is 8. The number of hydrogen-bond donors (Lipinski definition) is 0. The lowest BCUT2D eigenvalue weighted by atomic mass is 9.81. The van der Waals surface area contributed by atoms with Crippen LogP contribution >= 0.6 is 0 Å². The fourth-order valence-corrected chi connectivity index (χ4v) is 8.66. The number of hydrogen-bond acceptors (Lipinski definition) is 1. The van der Waals surface area contributed by atoms with E-state index in [4.69, 9.17) is 0 Å². The molecule has 51 heavy (non-hydrogen) atoms. The second kappa shape index (κ2) is 11.3. The molecule has 0 aliphatic heterocycles. The molecule has 0 N–H and O–H groups in total. The molecule has 1 aliphatic carbocycles. The Morgan fingerprint density at radius 3 is 1.78 bits per heavy atom. The minimum atomic E-state index is -0.137. The number of aromatic nitrogens is 1. The van der Waals surface area contributed by atoms with Crippen LogP contribution < -0.4 is 4.90 Å². The molecule has 0 fully saturated rings. The van der Waals surface area contributed by atoms with Crippen LogP contribution in [-0.4, -0.2) is 4.57 Å². The Kier molecular flexibility index (Phi) is 6.56. The number of nitrogens with zero attached hydrogens (tertiary/aromatic N) is 2. The van der Waals surface area contributed by atoms with E-state index in [2.05, 4.69) is 205 Å². The van der Waals surface area contributed by atoms with Gasteiger partial charge >= 0.3 is 0 Å². The lowest BCUT2D eigenvalue weighted by Crippen LogP contribution is -2.20. The van der Waals surface area contributed by atoms with E-state index in [1.165, 1.54) is 71.6 Å². The predicted molar refractivity (Wildman–Crippen MR) is 216 cm³/mol. The van der Waals surface area contributed by atoms with E-state index < -0.39 is 0 Å². The van der Waals surface area contributed by atoms with Crippen LogP contribution in [0.25, 0.3) is 60.5 Å². The van der Waals surface area contributed by atoms with E-state index in [0.29, 0.717) is 0 Å². The van der Waals surface area contributed by atoms with Gasteiger partial charge < -0.3 is 9.47 Å². The van der Waals surface area contributed by atoms with Gasteiger partial charge in [-0.2, -0.15) is 0 Å². The summed E-state index contributed by atoms with van der Waals surface area (Å²) in [5, 5.41) is 5.01. The van der Waals surface area contributed by atoms with Crippen molar-refractivity contribution in [2.75, 3.05) is 4.90 Å². The van der Waals surface area contributed by atoms with Crippen molar-refractivity contribution in [2.45, 2.75) is 19.3 Å². The minimum absolute atomic E-state index is 0.137. The van der Waals surface area contributed by atoms with Gasteiger partial charge in [0.1, 0.15) is 0 Å². The second-order valence-corrected chi connectivity index (χ2v) is 14.2. The topological polar surface area (TPSA) is 8.17 Å². The molecule has 0 spiro atoms. The monoisotopic (exact) mass is 652 g/mol. The van der Waals surface area contributed by atoms with Crippen molar-refractivity contribution in [3.8, 4) is 27.9 Å². The highest BCUT2D eigenvalue weighted by atomic mass is 15.1. The minimum Gasteiger partial charge on any atom is -0.310 e. The van der Waals surface area contributed by atoms with Crippen molar-refractivity contribution in [3.63, 3.8) is 0 Å². The molecule has 1 aliphatic rings. The molecule has 1 aromatic heterocycles. The van der Waals surface area contributed by atoms with Crippen LogP contribution in [-0.2, 0) is 5.41 Å². The average molecular weight is 653 g/mol. The first-order valence-corrected chi connectivity index (χ1v) is 17.8. The fraction of sp³-hybridized carbons (Fsp3) is 0.0612. The standard InChI is InChI=1S/C49H36N2/c1-49(2)44-23-11-8-19-39(44)42-22-14-26-47(48(42)49)50(35-16-4-3-5-17-35)36-29-27-33(28-30-36)43-32-37(31-34-15-6-7-18-38(34)43)51-45-24-12-9-20-40(45)41-21-10-13-25-46(41)51/h3-32H,1-2H3. The second-order valence-electron chi connectivity index (χ2n) is 14.2. The summed E-state index contributed by atoms with van der Waals surface area (Å²) in [5.74, 6) is 0. The van der Waals surface area contributed by atoms with Crippen molar-refractivity contribution >= 4 is 49.6 Å². The number of para-hydroxylation sites is 3. The molecule has 10 rings (SSSR count). The third-order valence-corrected chi connectivity index (χ3v) is 10.9. The quantitative estimate of drug-likeness (QED) is 0.180. The highest BCUT2D eigenvalue weighted by molar-refractivity contribution is 6.10. The van der Waals surface area contributed by atoms with E-state index in [1.807, 2.05) is 0 Å². The molecule has 8 aromatic carbocycles.